The Kier molecular flexibility index (Phi) is 8.89. The molecule has 2 atom stereocenters. The summed E-state index contributed by atoms with van der Waals surface area (Å²) >= 11 is 3.60. The van der Waals surface area contributed by atoms with Gasteiger partial charge in [0.25, 0.3) is 0 Å². The molecule has 1 aromatic carbocycles. The van der Waals surface area contributed by atoms with Gasteiger partial charge in [-0.15, -0.1) is 24.8 Å². The van der Waals surface area contributed by atoms with E-state index in [-0.39, 0.29) is 42.8 Å². The second-order valence-corrected chi connectivity index (χ2v) is 6.91. The van der Waals surface area contributed by atoms with Crippen LogP contribution >= 0.6 is 40.7 Å². The van der Waals surface area contributed by atoms with E-state index in [9.17, 15) is 4.79 Å². The van der Waals surface area contributed by atoms with E-state index in [0.29, 0.717) is 0 Å². The summed E-state index contributed by atoms with van der Waals surface area (Å²) < 4.78 is 2.79. The van der Waals surface area contributed by atoms with Crippen molar-refractivity contribution in [3.8, 4) is 0 Å². The van der Waals surface area contributed by atoms with Gasteiger partial charge in [0.2, 0.25) is 5.91 Å². The summed E-state index contributed by atoms with van der Waals surface area (Å²) in [5, 5.41) is 10.4. The standard InChI is InChI=1S/C17H22BrN5O.2ClH/c1-19-16(12-9-20-22(2)10-12)17(24)21-13-7-8-23(11-13)15-6-4-3-5-14(15)18;;/h3-6,9-10,13,16,19H,7-8,11H2,1-2H3,(H,21,24);2*1H. The first kappa shape index (κ1) is 22.8. The van der Waals surface area contributed by atoms with Gasteiger partial charge in [-0.1, -0.05) is 12.1 Å². The topological polar surface area (TPSA) is 62.2 Å². The van der Waals surface area contributed by atoms with Gasteiger partial charge in [-0.2, -0.15) is 5.10 Å². The number of rotatable bonds is 5. The summed E-state index contributed by atoms with van der Waals surface area (Å²) in [6.07, 6.45) is 4.53. The Bertz CT molecular complexity index is 727. The van der Waals surface area contributed by atoms with E-state index in [1.165, 1.54) is 5.69 Å². The number of nitrogens with one attached hydrogen (secondary N) is 2. The smallest absolute Gasteiger partial charge is 0.242 e. The molecule has 1 aromatic heterocycles. The lowest BCUT2D eigenvalue weighted by molar-refractivity contribution is -0.123. The molecule has 1 aliphatic rings. The van der Waals surface area contributed by atoms with E-state index in [1.807, 2.05) is 31.4 Å². The minimum absolute atomic E-state index is 0. The number of aryl methyl sites for hydroxylation is 1. The van der Waals surface area contributed by atoms with Gasteiger partial charge in [0, 0.05) is 42.4 Å². The first-order valence-electron chi connectivity index (χ1n) is 8.04. The van der Waals surface area contributed by atoms with Crippen molar-refractivity contribution in [1.82, 2.24) is 20.4 Å². The predicted molar refractivity (Wildman–Crippen MR) is 112 cm³/mol. The number of amides is 1. The van der Waals surface area contributed by atoms with Gasteiger partial charge in [0.1, 0.15) is 6.04 Å². The molecular formula is C17H24BrCl2N5O. The van der Waals surface area contributed by atoms with Crippen molar-refractivity contribution in [3.05, 3.63) is 46.7 Å². The van der Waals surface area contributed by atoms with Crippen LogP contribution in [0.2, 0.25) is 0 Å². The van der Waals surface area contributed by atoms with Crippen molar-refractivity contribution in [3.63, 3.8) is 0 Å². The molecule has 144 valence electrons. The quantitative estimate of drug-likeness (QED) is 0.714. The molecule has 0 aliphatic carbocycles. The first-order valence-corrected chi connectivity index (χ1v) is 8.83. The number of aromatic nitrogens is 2. The van der Waals surface area contributed by atoms with Gasteiger partial charge in [0.15, 0.2) is 0 Å². The average Bonchev–Trinajstić information content (AvgIpc) is 3.18. The normalized spacial score (nSPS) is 17.2. The van der Waals surface area contributed by atoms with Gasteiger partial charge in [-0.3, -0.25) is 9.48 Å². The fourth-order valence-electron chi connectivity index (χ4n) is 3.13. The number of nitrogens with zero attached hydrogens (tertiary/aromatic N) is 3. The van der Waals surface area contributed by atoms with Crippen LogP contribution in [0.4, 0.5) is 5.69 Å². The maximum atomic E-state index is 12.6. The van der Waals surface area contributed by atoms with E-state index >= 15 is 0 Å². The highest BCUT2D eigenvalue weighted by atomic mass is 79.9. The monoisotopic (exact) mass is 463 g/mol. The third-order valence-electron chi connectivity index (χ3n) is 4.34. The molecule has 0 saturated carbocycles. The van der Waals surface area contributed by atoms with E-state index < -0.39 is 0 Å². The summed E-state index contributed by atoms with van der Waals surface area (Å²) in [5.41, 5.74) is 2.05. The highest BCUT2D eigenvalue weighted by molar-refractivity contribution is 9.10. The molecule has 0 bridgehead atoms. The van der Waals surface area contributed by atoms with Crippen LogP contribution in [0, 0.1) is 0 Å². The molecule has 1 amide bonds. The number of hydrogen-bond acceptors (Lipinski definition) is 4. The highest BCUT2D eigenvalue weighted by Gasteiger charge is 2.28. The van der Waals surface area contributed by atoms with Gasteiger partial charge in [-0.05, 0) is 41.5 Å². The molecule has 1 fully saturated rings. The number of carbonyl (C=O) groups excluding carboxylic acids is 1. The molecule has 0 spiro atoms. The number of benzene rings is 1. The SMILES string of the molecule is CNC(C(=O)NC1CCN(c2ccccc2Br)C1)c1cnn(C)c1.Cl.Cl. The Morgan fingerprint density at radius 3 is 2.69 bits per heavy atom. The fourth-order valence-corrected chi connectivity index (χ4v) is 3.66. The van der Waals surface area contributed by atoms with Crippen LogP contribution in [-0.4, -0.2) is 41.9 Å². The Labute approximate surface area is 174 Å². The molecule has 0 radical (unpaired) electrons. The summed E-state index contributed by atoms with van der Waals surface area (Å²) in [6, 6.07) is 7.95. The number of hydrogen-bond donors (Lipinski definition) is 2. The van der Waals surface area contributed by atoms with Gasteiger partial charge in [0.05, 0.1) is 11.9 Å². The third kappa shape index (κ3) is 5.13. The molecular weight excluding hydrogens is 441 g/mol. The second kappa shape index (κ2) is 10.2. The Morgan fingerprint density at radius 1 is 1.35 bits per heavy atom. The van der Waals surface area contributed by atoms with E-state index in [0.717, 1.165) is 29.5 Å². The zero-order valence-electron chi connectivity index (χ0n) is 14.7. The molecule has 2 heterocycles. The first-order chi connectivity index (χ1) is 11.6. The maximum absolute atomic E-state index is 12.6. The van der Waals surface area contributed by atoms with Crippen molar-refractivity contribution < 1.29 is 4.79 Å². The lowest BCUT2D eigenvalue weighted by atomic mass is 10.1. The van der Waals surface area contributed by atoms with Crippen LogP contribution in [0.1, 0.15) is 18.0 Å². The van der Waals surface area contributed by atoms with Crippen molar-refractivity contribution in [1.29, 1.82) is 0 Å². The van der Waals surface area contributed by atoms with Gasteiger partial charge >= 0.3 is 0 Å². The van der Waals surface area contributed by atoms with Crippen LogP contribution in [0.5, 0.6) is 0 Å². The van der Waals surface area contributed by atoms with Crippen molar-refractivity contribution in [2.45, 2.75) is 18.5 Å². The molecule has 2 N–H and O–H groups in total. The molecule has 2 unspecified atom stereocenters. The number of carbonyl (C=O) groups is 1. The minimum Gasteiger partial charge on any atom is -0.368 e. The summed E-state index contributed by atoms with van der Waals surface area (Å²) in [4.78, 5) is 14.9. The van der Waals surface area contributed by atoms with Crippen molar-refractivity contribution >= 4 is 52.3 Å². The lowest BCUT2D eigenvalue weighted by Gasteiger charge is -2.21. The Morgan fingerprint density at radius 2 is 2.08 bits per heavy atom. The van der Waals surface area contributed by atoms with Crippen LogP contribution in [0.3, 0.4) is 0 Å². The average molecular weight is 465 g/mol. The summed E-state index contributed by atoms with van der Waals surface area (Å²) in [7, 11) is 3.64. The largest absolute Gasteiger partial charge is 0.368 e. The number of para-hydroxylation sites is 1. The third-order valence-corrected chi connectivity index (χ3v) is 5.01. The van der Waals surface area contributed by atoms with E-state index in [1.54, 1.807) is 17.9 Å². The summed E-state index contributed by atoms with van der Waals surface area (Å²) in [5.74, 6) is -0.00974. The van der Waals surface area contributed by atoms with Crippen LogP contribution in [-0.2, 0) is 11.8 Å². The zero-order valence-corrected chi connectivity index (χ0v) is 17.9. The van der Waals surface area contributed by atoms with E-state index in [4.69, 9.17) is 0 Å². The van der Waals surface area contributed by atoms with E-state index in [2.05, 4.69) is 42.6 Å². The molecule has 1 aliphatic heterocycles. The Balaban J connectivity index is 0.00000169. The van der Waals surface area contributed by atoms with Crippen molar-refractivity contribution in [2.75, 3.05) is 25.0 Å². The maximum Gasteiger partial charge on any atom is 0.242 e. The number of halogens is 3. The molecule has 9 heteroatoms. The molecule has 2 aromatic rings. The predicted octanol–water partition coefficient (Wildman–Crippen LogP) is 2.68. The molecule has 6 nitrogen and oxygen atoms in total. The molecule has 26 heavy (non-hydrogen) atoms. The number of anilines is 1. The van der Waals surface area contributed by atoms with Crippen molar-refractivity contribution in [2.24, 2.45) is 7.05 Å². The number of likely N-dealkylation sites (N-methyl/N-ethyl adjacent to an activating group) is 1. The zero-order chi connectivity index (χ0) is 17.1. The fraction of sp³-hybridized carbons (Fsp3) is 0.412. The van der Waals surface area contributed by atoms with Gasteiger partial charge in [-0.25, -0.2) is 0 Å². The highest BCUT2D eigenvalue weighted by Crippen LogP contribution is 2.28. The summed E-state index contributed by atoms with van der Waals surface area (Å²) in [6.45, 7) is 1.75. The molecule has 1 saturated heterocycles. The van der Waals surface area contributed by atoms with Crippen LogP contribution < -0.4 is 15.5 Å². The van der Waals surface area contributed by atoms with Crippen LogP contribution in [0.15, 0.2) is 41.1 Å². The lowest BCUT2D eigenvalue weighted by Crippen LogP contribution is -2.43. The minimum atomic E-state index is -0.379. The van der Waals surface area contributed by atoms with Gasteiger partial charge < -0.3 is 15.5 Å². The second-order valence-electron chi connectivity index (χ2n) is 6.06. The molecule has 3 rings (SSSR count). The van der Waals surface area contributed by atoms with Crippen LogP contribution in [0.25, 0.3) is 0 Å². The Hall–Kier alpha value is -1.28.